The van der Waals surface area contributed by atoms with Gasteiger partial charge in [-0.15, -0.1) is 0 Å². The van der Waals surface area contributed by atoms with Crippen LogP contribution in [0.15, 0.2) is 53.5 Å². The molecule has 0 radical (unpaired) electrons. The van der Waals surface area contributed by atoms with Crippen molar-refractivity contribution in [2.24, 2.45) is 4.99 Å². The maximum Gasteiger partial charge on any atom is 0.338 e. The number of methoxy groups -OCH3 is 1. The second-order valence-electron chi connectivity index (χ2n) is 7.23. The van der Waals surface area contributed by atoms with Crippen LogP contribution in [0.4, 0.5) is 5.69 Å². The Morgan fingerprint density at radius 2 is 1.85 bits per heavy atom. The normalized spacial score (nSPS) is 17.1. The Hall–Kier alpha value is -3.33. The molecule has 1 fully saturated rings. The van der Waals surface area contributed by atoms with Gasteiger partial charge in [-0.1, -0.05) is 23.9 Å². The molecule has 2 aromatic rings. The van der Waals surface area contributed by atoms with Gasteiger partial charge in [0.15, 0.2) is 5.17 Å². The van der Waals surface area contributed by atoms with Gasteiger partial charge >= 0.3 is 5.97 Å². The lowest BCUT2D eigenvalue weighted by Crippen LogP contribution is -2.46. The van der Waals surface area contributed by atoms with Crippen LogP contribution in [0, 0.1) is 0 Å². The van der Waals surface area contributed by atoms with E-state index >= 15 is 0 Å². The molecule has 0 aromatic heterocycles. The summed E-state index contributed by atoms with van der Waals surface area (Å²) in [5.41, 5.74) is 2.05. The van der Waals surface area contributed by atoms with Crippen LogP contribution in [0.2, 0.25) is 0 Å². The lowest BCUT2D eigenvalue weighted by Gasteiger charge is -2.31. The van der Waals surface area contributed by atoms with Gasteiger partial charge in [-0.05, 0) is 55.3 Å². The van der Waals surface area contributed by atoms with Crippen molar-refractivity contribution in [3.8, 4) is 5.75 Å². The van der Waals surface area contributed by atoms with Gasteiger partial charge < -0.3 is 14.8 Å². The first-order valence-corrected chi connectivity index (χ1v) is 11.5. The molecule has 0 bridgehead atoms. The van der Waals surface area contributed by atoms with Crippen LogP contribution in [0.1, 0.15) is 29.3 Å². The summed E-state index contributed by atoms with van der Waals surface area (Å²) in [6, 6.07) is 14.3. The lowest BCUT2D eigenvalue weighted by atomic mass is 10.1. The number of amidine groups is 1. The van der Waals surface area contributed by atoms with Crippen LogP contribution in [-0.2, 0) is 20.7 Å². The monoisotopic (exact) mass is 469 g/mol. The van der Waals surface area contributed by atoms with E-state index in [4.69, 9.17) is 9.47 Å². The molecule has 1 N–H and O–H groups in total. The van der Waals surface area contributed by atoms with Gasteiger partial charge in [-0.25, -0.2) is 9.79 Å². The maximum atomic E-state index is 12.9. The van der Waals surface area contributed by atoms with Crippen molar-refractivity contribution < 1.29 is 23.9 Å². The van der Waals surface area contributed by atoms with Crippen molar-refractivity contribution >= 4 is 40.4 Å². The molecule has 1 saturated heterocycles. The first kappa shape index (κ1) is 24.3. The molecular formula is C24H27N3O5S. The molecule has 1 unspecified atom stereocenters. The van der Waals surface area contributed by atoms with Crippen LogP contribution in [-0.4, -0.2) is 60.4 Å². The molecule has 1 atom stereocenters. The molecule has 2 aromatic carbocycles. The predicted octanol–water partition coefficient (Wildman–Crippen LogP) is 3.18. The summed E-state index contributed by atoms with van der Waals surface area (Å²) in [6.45, 7) is 2.48. The van der Waals surface area contributed by atoms with Gasteiger partial charge in [0.2, 0.25) is 11.8 Å². The third kappa shape index (κ3) is 6.35. The number of amides is 2. The molecule has 3 rings (SSSR count). The summed E-state index contributed by atoms with van der Waals surface area (Å²) in [6.07, 6.45) is 0.732. The Kier molecular flexibility index (Phi) is 8.48. The first-order chi connectivity index (χ1) is 15.9. The highest BCUT2D eigenvalue weighted by atomic mass is 32.2. The molecular weight excluding hydrogens is 442 g/mol. The van der Waals surface area contributed by atoms with Gasteiger partial charge in [0.25, 0.3) is 0 Å². The highest BCUT2D eigenvalue weighted by Crippen LogP contribution is 2.29. The number of rotatable bonds is 8. The number of benzene rings is 2. The fraction of sp³-hybridized carbons (Fsp3) is 0.333. The lowest BCUT2D eigenvalue weighted by molar-refractivity contribution is -0.130. The number of nitrogens with one attached hydrogen (secondary N) is 1. The Bertz CT molecular complexity index is 1020. The van der Waals surface area contributed by atoms with E-state index in [0.717, 1.165) is 11.3 Å². The second-order valence-corrected chi connectivity index (χ2v) is 8.40. The van der Waals surface area contributed by atoms with Gasteiger partial charge in [0, 0.05) is 20.0 Å². The van der Waals surface area contributed by atoms with Crippen LogP contribution in [0.25, 0.3) is 0 Å². The molecule has 1 aliphatic rings. The first-order valence-electron chi connectivity index (χ1n) is 10.6. The average Bonchev–Trinajstić information content (AvgIpc) is 2.83. The number of ether oxygens (including phenoxy) is 2. The third-order valence-electron chi connectivity index (χ3n) is 5.06. The number of carbonyl (C=O) groups is 3. The molecule has 0 saturated carbocycles. The van der Waals surface area contributed by atoms with E-state index < -0.39 is 11.2 Å². The zero-order valence-corrected chi connectivity index (χ0v) is 19.7. The van der Waals surface area contributed by atoms with Crippen molar-refractivity contribution in [2.45, 2.75) is 25.0 Å². The average molecular weight is 470 g/mol. The summed E-state index contributed by atoms with van der Waals surface area (Å²) in [5.74, 6) is -0.00344. The fourth-order valence-corrected chi connectivity index (χ4v) is 4.44. The van der Waals surface area contributed by atoms with Gasteiger partial charge in [-0.2, -0.15) is 0 Å². The van der Waals surface area contributed by atoms with Crippen LogP contribution < -0.4 is 10.1 Å². The van der Waals surface area contributed by atoms with Crippen LogP contribution in [0.3, 0.4) is 0 Å². The fourth-order valence-electron chi connectivity index (χ4n) is 3.25. The molecule has 174 valence electrons. The second kappa shape index (κ2) is 11.5. The van der Waals surface area contributed by atoms with E-state index in [-0.39, 0.29) is 18.2 Å². The molecule has 8 nitrogen and oxygen atoms in total. The Morgan fingerprint density at radius 3 is 2.45 bits per heavy atom. The Labute approximate surface area is 197 Å². The molecule has 9 heteroatoms. The minimum absolute atomic E-state index is 0.105. The van der Waals surface area contributed by atoms with Crippen LogP contribution >= 0.6 is 11.8 Å². The zero-order valence-electron chi connectivity index (χ0n) is 18.9. The van der Waals surface area contributed by atoms with Gasteiger partial charge in [0.05, 0.1) is 30.2 Å². The third-order valence-corrected chi connectivity index (χ3v) is 6.25. The summed E-state index contributed by atoms with van der Waals surface area (Å²) in [7, 11) is 3.16. The highest BCUT2D eigenvalue weighted by Gasteiger charge is 2.35. The van der Waals surface area contributed by atoms with E-state index in [0.29, 0.717) is 36.0 Å². The van der Waals surface area contributed by atoms with E-state index in [2.05, 4.69) is 10.3 Å². The number of thioether (sulfide) groups is 1. The molecule has 1 aliphatic heterocycles. The number of aliphatic imine (C=N–C) groups is 1. The number of nitrogens with zero attached hydrogens (tertiary/aromatic N) is 2. The van der Waals surface area contributed by atoms with Gasteiger partial charge in [-0.3, -0.25) is 14.5 Å². The SMILES string of the molecule is CCOC(=O)c1ccc(N=C2SC(C(=O)NC)CC(=O)N2CCc2ccc(OC)cc2)cc1. The van der Waals surface area contributed by atoms with Crippen molar-refractivity contribution in [3.05, 3.63) is 59.7 Å². The number of hydrogen-bond acceptors (Lipinski definition) is 7. The van der Waals surface area contributed by atoms with E-state index in [1.807, 2.05) is 24.3 Å². The number of carbonyl (C=O) groups excluding carboxylic acids is 3. The molecule has 33 heavy (non-hydrogen) atoms. The molecule has 1 heterocycles. The molecule has 0 spiro atoms. The van der Waals surface area contributed by atoms with Crippen LogP contribution in [0.5, 0.6) is 5.75 Å². The van der Waals surface area contributed by atoms with E-state index in [9.17, 15) is 14.4 Å². The minimum Gasteiger partial charge on any atom is -0.497 e. The highest BCUT2D eigenvalue weighted by molar-refractivity contribution is 8.15. The number of esters is 1. The Balaban J connectivity index is 1.82. The van der Waals surface area contributed by atoms with Gasteiger partial charge in [0.1, 0.15) is 5.75 Å². The molecule has 0 aliphatic carbocycles. The summed E-state index contributed by atoms with van der Waals surface area (Å²) in [5, 5.41) is 2.52. The smallest absolute Gasteiger partial charge is 0.338 e. The largest absolute Gasteiger partial charge is 0.497 e. The van der Waals surface area contributed by atoms with E-state index in [1.54, 1.807) is 50.2 Å². The van der Waals surface area contributed by atoms with Crippen molar-refractivity contribution in [3.63, 3.8) is 0 Å². The quantitative estimate of drug-likeness (QED) is 0.597. The zero-order chi connectivity index (χ0) is 23.8. The van der Waals surface area contributed by atoms with Crippen molar-refractivity contribution in [1.82, 2.24) is 10.2 Å². The molecule has 2 amide bonds. The summed E-state index contributed by atoms with van der Waals surface area (Å²) < 4.78 is 10.2. The van der Waals surface area contributed by atoms with E-state index in [1.165, 1.54) is 11.8 Å². The minimum atomic E-state index is -0.544. The van der Waals surface area contributed by atoms with Crippen molar-refractivity contribution in [1.29, 1.82) is 0 Å². The number of hydrogen-bond donors (Lipinski definition) is 1. The Morgan fingerprint density at radius 1 is 1.15 bits per heavy atom. The van der Waals surface area contributed by atoms with Crippen molar-refractivity contribution in [2.75, 3.05) is 27.3 Å². The predicted molar refractivity (Wildman–Crippen MR) is 128 cm³/mol. The summed E-state index contributed by atoms with van der Waals surface area (Å²) >= 11 is 1.26. The standard InChI is InChI=1S/C24H27N3O5S/c1-4-32-23(30)17-7-9-18(10-8-17)26-24-27(21(28)15-20(33-24)22(29)25-2)14-13-16-5-11-19(31-3)12-6-16/h5-12,20H,4,13-15H2,1-3H3,(H,25,29). The topological polar surface area (TPSA) is 97.3 Å². The summed E-state index contributed by atoms with van der Waals surface area (Å²) in [4.78, 5) is 43.3. The maximum absolute atomic E-state index is 12.9.